The molecule has 1 unspecified atom stereocenters. The van der Waals surface area contributed by atoms with Gasteiger partial charge in [0, 0.05) is 6.61 Å². The minimum absolute atomic E-state index is 0.455. The van der Waals surface area contributed by atoms with Crippen LogP contribution in [-0.2, 0) is 4.74 Å². The minimum atomic E-state index is 0.455. The van der Waals surface area contributed by atoms with Gasteiger partial charge in [0.1, 0.15) is 0 Å². The average molecular weight is 198 g/mol. The van der Waals surface area contributed by atoms with Gasteiger partial charge < -0.3 is 4.74 Å². The predicted molar refractivity (Wildman–Crippen MR) is 63.6 cm³/mol. The van der Waals surface area contributed by atoms with E-state index in [-0.39, 0.29) is 0 Å². The molecule has 0 saturated heterocycles. The Morgan fingerprint density at radius 3 is 2.64 bits per heavy atom. The molecule has 1 nitrogen and oxygen atoms in total. The van der Waals surface area contributed by atoms with Crippen LogP contribution in [0.2, 0.25) is 0 Å². The quantitative estimate of drug-likeness (QED) is 0.396. The second-order valence-electron chi connectivity index (χ2n) is 3.89. The van der Waals surface area contributed by atoms with Crippen LogP contribution >= 0.6 is 0 Å². The van der Waals surface area contributed by atoms with Crippen LogP contribution in [-0.4, -0.2) is 12.7 Å². The molecule has 0 saturated carbocycles. The Balaban J connectivity index is 3.10. The van der Waals surface area contributed by atoms with Gasteiger partial charge in [-0.05, 0) is 39.5 Å². The third-order valence-electron chi connectivity index (χ3n) is 2.32. The highest BCUT2D eigenvalue weighted by atomic mass is 16.5. The van der Waals surface area contributed by atoms with Gasteiger partial charge in [-0.1, -0.05) is 31.9 Å². The van der Waals surface area contributed by atoms with Crippen molar-refractivity contribution < 1.29 is 4.74 Å². The zero-order valence-electron chi connectivity index (χ0n) is 10.1. The van der Waals surface area contributed by atoms with E-state index in [0.717, 1.165) is 13.0 Å². The SMILES string of the molecule is CC=CCCCCCC(C)OCCC. The van der Waals surface area contributed by atoms with Crippen LogP contribution in [0.3, 0.4) is 0 Å². The normalized spacial score (nSPS) is 13.6. The predicted octanol–water partition coefficient (Wildman–Crippen LogP) is 4.33. The summed E-state index contributed by atoms with van der Waals surface area (Å²) in [5.74, 6) is 0. The van der Waals surface area contributed by atoms with Crippen molar-refractivity contribution in [1.29, 1.82) is 0 Å². The van der Waals surface area contributed by atoms with Gasteiger partial charge in [-0.3, -0.25) is 0 Å². The van der Waals surface area contributed by atoms with E-state index in [0.29, 0.717) is 6.10 Å². The van der Waals surface area contributed by atoms with Crippen molar-refractivity contribution in [3.63, 3.8) is 0 Å². The molecule has 0 heterocycles. The van der Waals surface area contributed by atoms with Gasteiger partial charge in [0.05, 0.1) is 6.10 Å². The molecule has 0 N–H and O–H groups in total. The molecule has 0 bridgehead atoms. The van der Waals surface area contributed by atoms with E-state index in [2.05, 4.69) is 32.9 Å². The molecule has 1 atom stereocenters. The Labute approximate surface area is 89.5 Å². The first-order chi connectivity index (χ1) is 6.81. The largest absolute Gasteiger partial charge is 0.379 e. The van der Waals surface area contributed by atoms with Crippen molar-refractivity contribution in [1.82, 2.24) is 0 Å². The molecule has 0 amide bonds. The molecule has 0 aromatic rings. The molecular weight excluding hydrogens is 172 g/mol. The highest BCUT2D eigenvalue weighted by molar-refractivity contribution is 4.76. The lowest BCUT2D eigenvalue weighted by Gasteiger charge is -2.11. The van der Waals surface area contributed by atoms with Crippen LogP contribution in [0.25, 0.3) is 0 Å². The van der Waals surface area contributed by atoms with Crippen molar-refractivity contribution in [3.8, 4) is 0 Å². The fourth-order valence-corrected chi connectivity index (χ4v) is 1.44. The topological polar surface area (TPSA) is 9.23 Å². The monoisotopic (exact) mass is 198 g/mol. The van der Waals surface area contributed by atoms with Gasteiger partial charge >= 0.3 is 0 Å². The molecule has 0 rings (SSSR count). The summed E-state index contributed by atoms with van der Waals surface area (Å²) in [6.07, 6.45) is 12.4. The van der Waals surface area contributed by atoms with Gasteiger partial charge in [-0.15, -0.1) is 0 Å². The zero-order valence-corrected chi connectivity index (χ0v) is 10.1. The maximum absolute atomic E-state index is 5.60. The summed E-state index contributed by atoms with van der Waals surface area (Å²) in [6, 6.07) is 0. The van der Waals surface area contributed by atoms with E-state index >= 15 is 0 Å². The highest BCUT2D eigenvalue weighted by Gasteiger charge is 2.00. The summed E-state index contributed by atoms with van der Waals surface area (Å²) >= 11 is 0. The summed E-state index contributed by atoms with van der Waals surface area (Å²) in [5.41, 5.74) is 0. The first-order valence-corrected chi connectivity index (χ1v) is 6.04. The van der Waals surface area contributed by atoms with Crippen molar-refractivity contribution in [3.05, 3.63) is 12.2 Å². The van der Waals surface area contributed by atoms with Crippen LogP contribution in [0.15, 0.2) is 12.2 Å². The number of rotatable bonds is 9. The Bertz CT molecular complexity index is 129. The van der Waals surface area contributed by atoms with Gasteiger partial charge in [0.2, 0.25) is 0 Å². The van der Waals surface area contributed by atoms with Crippen LogP contribution < -0.4 is 0 Å². The lowest BCUT2D eigenvalue weighted by molar-refractivity contribution is 0.0590. The Morgan fingerprint density at radius 1 is 1.21 bits per heavy atom. The zero-order chi connectivity index (χ0) is 10.6. The molecule has 14 heavy (non-hydrogen) atoms. The summed E-state index contributed by atoms with van der Waals surface area (Å²) in [7, 11) is 0. The van der Waals surface area contributed by atoms with Crippen molar-refractivity contribution in [2.24, 2.45) is 0 Å². The molecule has 0 aliphatic rings. The lowest BCUT2D eigenvalue weighted by atomic mass is 10.1. The van der Waals surface area contributed by atoms with E-state index in [1.54, 1.807) is 0 Å². The van der Waals surface area contributed by atoms with Crippen LogP contribution in [0.5, 0.6) is 0 Å². The lowest BCUT2D eigenvalue weighted by Crippen LogP contribution is -2.08. The Kier molecular flexibility index (Phi) is 10.5. The minimum Gasteiger partial charge on any atom is -0.379 e. The van der Waals surface area contributed by atoms with E-state index in [1.807, 2.05) is 0 Å². The van der Waals surface area contributed by atoms with Crippen LogP contribution in [0.4, 0.5) is 0 Å². The van der Waals surface area contributed by atoms with Crippen molar-refractivity contribution in [2.45, 2.75) is 65.4 Å². The molecule has 0 fully saturated rings. The number of unbranched alkanes of at least 4 members (excludes halogenated alkanes) is 3. The summed E-state index contributed by atoms with van der Waals surface area (Å²) in [6.45, 7) is 7.34. The molecule has 0 spiro atoms. The Hall–Kier alpha value is -0.300. The maximum atomic E-state index is 5.60. The standard InChI is InChI=1S/C13H26O/c1-4-6-7-8-9-10-11-13(3)14-12-5-2/h4,6,13H,5,7-12H2,1-3H3. The fraction of sp³-hybridized carbons (Fsp3) is 0.846. The van der Waals surface area contributed by atoms with Crippen LogP contribution in [0.1, 0.15) is 59.3 Å². The smallest absolute Gasteiger partial charge is 0.0547 e. The van der Waals surface area contributed by atoms with E-state index in [4.69, 9.17) is 4.74 Å². The number of hydrogen-bond acceptors (Lipinski definition) is 1. The third kappa shape index (κ3) is 9.79. The molecule has 0 aromatic carbocycles. The van der Waals surface area contributed by atoms with Crippen LogP contribution in [0, 0.1) is 0 Å². The molecule has 0 aliphatic carbocycles. The molecular formula is C13H26O. The first kappa shape index (κ1) is 13.7. The second kappa shape index (κ2) is 10.8. The van der Waals surface area contributed by atoms with Gasteiger partial charge in [-0.25, -0.2) is 0 Å². The summed E-state index contributed by atoms with van der Waals surface area (Å²) in [4.78, 5) is 0. The molecule has 0 radical (unpaired) electrons. The van der Waals surface area contributed by atoms with E-state index < -0.39 is 0 Å². The molecule has 1 heteroatoms. The third-order valence-corrected chi connectivity index (χ3v) is 2.32. The van der Waals surface area contributed by atoms with Gasteiger partial charge in [0.15, 0.2) is 0 Å². The molecule has 84 valence electrons. The second-order valence-corrected chi connectivity index (χ2v) is 3.89. The van der Waals surface area contributed by atoms with Crippen molar-refractivity contribution in [2.75, 3.05) is 6.61 Å². The van der Waals surface area contributed by atoms with E-state index in [9.17, 15) is 0 Å². The summed E-state index contributed by atoms with van der Waals surface area (Å²) in [5, 5.41) is 0. The number of hydrogen-bond donors (Lipinski definition) is 0. The molecule has 0 aromatic heterocycles. The summed E-state index contributed by atoms with van der Waals surface area (Å²) < 4.78 is 5.60. The Morgan fingerprint density at radius 2 is 2.00 bits per heavy atom. The van der Waals surface area contributed by atoms with Gasteiger partial charge in [-0.2, -0.15) is 0 Å². The first-order valence-electron chi connectivity index (χ1n) is 6.04. The van der Waals surface area contributed by atoms with Crippen molar-refractivity contribution >= 4 is 0 Å². The van der Waals surface area contributed by atoms with E-state index in [1.165, 1.54) is 32.1 Å². The van der Waals surface area contributed by atoms with Gasteiger partial charge in [0.25, 0.3) is 0 Å². The molecule has 0 aliphatic heterocycles. The number of ether oxygens (including phenoxy) is 1. The fourth-order valence-electron chi connectivity index (χ4n) is 1.44. The maximum Gasteiger partial charge on any atom is 0.0547 e. The highest BCUT2D eigenvalue weighted by Crippen LogP contribution is 2.08. The number of allylic oxidation sites excluding steroid dienone is 2. The average Bonchev–Trinajstić information content (AvgIpc) is 2.20.